The van der Waals surface area contributed by atoms with Crippen LogP contribution in [0.2, 0.25) is 0 Å². The highest BCUT2D eigenvalue weighted by Gasteiger charge is 2.42. The van der Waals surface area contributed by atoms with E-state index in [0.29, 0.717) is 35.9 Å². The zero-order valence-electron chi connectivity index (χ0n) is 25.7. The van der Waals surface area contributed by atoms with Crippen molar-refractivity contribution in [3.63, 3.8) is 0 Å². The normalized spacial score (nSPS) is 28.8. The summed E-state index contributed by atoms with van der Waals surface area (Å²) in [6.45, 7) is 16.6. The maximum Gasteiger partial charge on any atom is 0.194 e. The summed E-state index contributed by atoms with van der Waals surface area (Å²) in [5.74, 6) is 3.32. The van der Waals surface area contributed by atoms with Crippen LogP contribution in [0, 0.1) is 23.2 Å². The van der Waals surface area contributed by atoms with Crippen LogP contribution >= 0.6 is 0 Å². The third-order valence-corrected chi connectivity index (χ3v) is 10.1. The predicted molar refractivity (Wildman–Crippen MR) is 162 cm³/mol. The minimum atomic E-state index is -0.435. The van der Waals surface area contributed by atoms with Crippen LogP contribution in [0.4, 0.5) is 0 Å². The van der Waals surface area contributed by atoms with E-state index in [1.165, 1.54) is 51.4 Å². The first-order valence-corrected chi connectivity index (χ1v) is 16.3. The second kappa shape index (κ2) is 13.9. The molecule has 3 aliphatic heterocycles. The fourth-order valence-electron chi connectivity index (χ4n) is 7.68. The summed E-state index contributed by atoms with van der Waals surface area (Å²) in [6.07, 6.45) is 12.1. The van der Waals surface area contributed by atoms with E-state index < -0.39 is 6.10 Å². The van der Waals surface area contributed by atoms with Gasteiger partial charge in [-0.05, 0) is 63.3 Å². The van der Waals surface area contributed by atoms with Crippen LogP contribution in [0.1, 0.15) is 98.8 Å². The number of aliphatic imine (C=N–C) groups is 1. The molecule has 0 radical (unpaired) electrons. The molecule has 0 aromatic carbocycles. The van der Waals surface area contributed by atoms with Crippen molar-refractivity contribution in [2.75, 3.05) is 39.3 Å². The van der Waals surface area contributed by atoms with Crippen LogP contribution in [0.25, 0.3) is 0 Å². The van der Waals surface area contributed by atoms with Gasteiger partial charge in [0.2, 0.25) is 0 Å². The van der Waals surface area contributed by atoms with Gasteiger partial charge in [-0.1, -0.05) is 59.8 Å². The molecule has 0 bridgehead atoms. The first kappa shape index (κ1) is 30.4. The fraction of sp³-hybridized carbons (Fsp3) is 0.935. The summed E-state index contributed by atoms with van der Waals surface area (Å²) < 4.78 is 0. The monoisotopic (exact) mass is 545 g/mol. The average Bonchev–Trinajstić information content (AvgIpc) is 3.58. The first-order chi connectivity index (χ1) is 18.7. The van der Waals surface area contributed by atoms with Gasteiger partial charge in [0.15, 0.2) is 11.9 Å². The Morgan fingerprint density at radius 1 is 1.00 bits per heavy atom. The zero-order chi connectivity index (χ0) is 28.1. The molecule has 8 nitrogen and oxygen atoms in total. The van der Waals surface area contributed by atoms with Gasteiger partial charge in [0.05, 0.1) is 24.7 Å². The van der Waals surface area contributed by atoms with E-state index >= 15 is 0 Å². The molecule has 0 amide bonds. The van der Waals surface area contributed by atoms with Crippen LogP contribution in [-0.2, 0) is 0 Å². The largest absolute Gasteiger partial charge is 0.391 e. The third-order valence-electron chi connectivity index (χ3n) is 10.1. The number of nitrogens with two attached hydrogens (primary N) is 1. The van der Waals surface area contributed by atoms with Crippen molar-refractivity contribution in [3.8, 4) is 0 Å². The predicted octanol–water partition coefficient (Wildman–Crippen LogP) is 4.18. The zero-order valence-corrected chi connectivity index (χ0v) is 25.7. The first-order valence-electron chi connectivity index (χ1n) is 16.3. The molecule has 1 aliphatic carbocycles. The molecule has 224 valence electrons. The van der Waals surface area contributed by atoms with Crippen LogP contribution < -0.4 is 5.73 Å². The lowest BCUT2D eigenvalue weighted by molar-refractivity contribution is 0.0998. The van der Waals surface area contributed by atoms with Crippen molar-refractivity contribution in [2.45, 2.75) is 129 Å². The van der Waals surface area contributed by atoms with Crippen molar-refractivity contribution >= 4 is 11.9 Å². The van der Waals surface area contributed by atoms with Gasteiger partial charge in [-0.15, -0.1) is 0 Å². The molecule has 4 aliphatic rings. The SMILES string of the molecule is CC(C)CCCN1C(=N)N(C(CC2CCCCC2)CN2CCC[C@H]2CN2C(N)=NC[C@H]2C(C)C)C[C@H]1C(C)O. The van der Waals surface area contributed by atoms with Gasteiger partial charge in [0.25, 0.3) is 0 Å². The molecule has 39 heavy (non-hydrogen) atoms. The van der Waals surface area contributed by atoms with Crippen LogP contribution in [-0.4, -0.2) is 106 Å². The lowest BCUT2D eigenvalue weighted by Crippen LogP contribution is -2.53. The molecule has 1 saturated carbocycles. The molecule has 4 N–H and O–H groups in total. The van der Waals surface area contributed by atoms with Gasteiger partial charge in [0.1, 0.15) is 0 Å². The smallest absolute Gasteiger partial charge is 0.194 e. The Hall–Kier alpha value is -1.54. The number of aliphatic hydroxyl groups excluding tert-OH is 1. The summed E-state index contributed by atoms with van der Waals surface area (Å²) in [5, 5.41) is 20.1. The van der Waals surface area contributed by atoms with E-state index in [1.54, 1.807) is 0 Å². The number of nitrogens with zero attached hydrogens (tertiary/aromatic N) is 5. The molecule has 3 fully saturated rings. The number of likely N-dealkylation sites (tertiary alicyclic amines) is 1. The van der Waals surface area contributed by atoms with Gasteiger partial charge < -0.3 is 25.5 Å². The Morgan fingerprint density at radius 3 is 2.41 bits per heavy atom. The summed E-state index contributed by atoms with van der Waals surface area (Å²) >= 11 is 0. The molecule has 2 saturated heterocycles. The molecule has 4 rings (SSSR count). The van der Waals surface area contributed by atoms with Gasteiger partial charge in [0, 0.05) is 38.3 Å². The molecular formula is C31H59N7O. The van der Waals surface area contributed by atoms with Crippen molar-refractivity contribution in [1.29, 1.82) is 5.41 Å². The van der Waals surface area contributed by atoms with Crippen molar-refractivity contribution in [1.82, 2.24) is 19.6 Å². The standard InChI is InChI=1S/C31H59N7O/c1-22(2)11-9-16-36-29(24(5)39)21-37(31(36)33)27(17-25-12-7-6-8-13-25)19-35-15-10-14-26(35)20-38-28(23(3)4)18-34-30(38)32/h22-29,33,39H,6-21H2,1-5H3,(H2,32,34)/t24?,26-,27?,28-,29-/m0/s1. The van der Waals surface area contributed by atoms with E-state index in [1.807, 2.05) is 6.92 Å². The number of rotatable bonds is 13. The lowest BCUT2D eigenvalue weighted by atomic mass is 9.84. The third kappa shape index (κ3) is 7.60. The van der Waals surface area contributed by atoms with Crippen LogP contribution in [0.5, 0.6) is 0 Å². The van der Waals surface area contributed by atoms with Gasteiger partial charge in [-0.25, -0.2) is 0 Å². The van der Waals surface area contributed by atoms with Crippen molar-refractivity contribution in [2.24, 2.45) is 28.5 Å². The Morgan fingerprint density at radius 2 is 1.74 bits per heavy atom. The number of hydrogen-bond acceptors (Lipinski definition) is 6. The molecule has 3 heterocycles. The molecule has 5 atom stereocenters. The summed E-state index contributed by atoms with van der Waals surface area (Å²) in [4.78, 5) is 14.3. The molecule has 0 spiro atoms. The molecule has 2 unspecified atom stereocenters. The Balaban J connectivity index is 1.49. The van der Waals surface area contributed by atoms with Crippen molar-refractivity contribution < 1.29 is 5.11 Å². The van der Waals surface area contributed by atoms with Crippen molar-refractivity contribution in [3.05, 3.63) is 0 Å². The highest BCUT2D eigenvalue weighted by atomic mass is 16.3. The Labute approximate surface area is 238 Å². The fourth-order valence-corrected chi connectivity index (χ4v) is 7.68. The molecule has 0 aromatic heterocycles. The van der Waals surface area contributed by atoms with Crippen LogP contribution in [0.15, 0.2) is 4.99 Å². The number of aliphatic hydroxyl groups is 1. The quantitative estimate of drug-likeness (QED) is 0.321. The highest BCUT2D eigenvalue weighted by molar-refractivity contribution is 5.80. The van der Waals surface area contributed by atoms with E-state index in [4.69, 9.17) is 5.73 Å². The molecule has 8 heteroatoms. The van der Waals surface area contributed by atoms with E-state index in [0.717, 1.165) is 64.0 Å². The van der Waals surface area contributed by atoms with E-state index in [-0.39, 0.29) is 6.04 Å². The van der Waals surface area contributed by atoms with Crippen LogP contribution in [0.3, 0.4) is 0 Å². The average molecular weight is 546 g/mol. The molecule has 0 aromatic rings. The van der Waals surface area contributed by atoms with Gasteiger partial charge >= 0.3 is 0 Å². The van der Waals surface area contributed by atoms with E-state index in [9.17, 15) is 10.5 Å². The Kier molecular flexibility index (Phi) is 10.8. The minimum Gasteiger partial charge on any atom is -0.391 e. The van der Waals surface area contributed by atoms with Gasteiger partial charge in [-0.2, -0.15) is 0 Å². The summed E-state index contributed by atoms with van der Waals surface area (Å²) in [7, 11) is 0. The molecular weight excluding hydrogens is 486 g/mol. The minimum absolute atomic E-state index is 0.0142. The lowest BCUT2D eigenvalue weighted by Gasteiger charge is -2.39. The number of hydrogen-bond donors (Lipinski definition) is 3. The summed E-state index contributed by atoms with van der Waals surface area (Å²) in [5.41, 5.74) is 6.38. The van der Waals surface area contributed by atoms with Gasteiger partial charge in [-0.3, -0.25) is 15.3 Å². The second-order valence-electron chi connectivity index (χ2n) is 13.9. The maximum absolute atomic E-state index is 10.7. The number of nitrogens with one attached hydrogen (secondary N) is 1. The second-order valence-corrected chi connectivity index (χ2v) is 13.9. The van der Waals surface area contributed by atoms with E-state index in [2.05, 4.69) is 52.3 Å². The topological polar surface area (TPSA) is 95.4 Å². The highest BCUT2D eigenvalue weighted by Crippen LogP contribution is 2.33. The summed E-state index contributed by atoms with van der Waals surface area (Å²) in [6, 6.07) is 1.23. The number of guanidine groups is 2. The Bertz CT molecular complexity index is 809. The maximum atomic E-state index is 10.7.